The van der Waals surface area contributed by atoms with Crippen molar-refractivity contribution >= 4 is 17.5 Å². The number of piperidine rings is 1. The lowest BCUT2D eigenvalue weighted by Gasteiger charge is -2.30. The minimum absolute atomic E-state index is 0.494. The summed E-state index contributed by atoms with van der Waals surface area (Å²) in [5, 5.41) is 11.4. The molecule has 0 unspecified atom stereocenters. The standard InChI is InChI=1S/C17H23N5O/c1-3-23-15-7-5-4-6-14(15)19-17-20-16(12-18-21-17)22-10-8-13(2)9-11-22/h4-7,12-13H,3,8-11H2,1-2H3,(H,19,20,21). The van der Waals surface area contributed by atoms with E-state index in [-0.39, 0.29) is 0 Å². The number of ether oxygens (including phenoxy) is 1. The predicted molar refractivity (Wildman–Crippen MR) is 91.3 cm³/mol. The van der Waals surface area contributed by atoms with Crippen LogP contribution in [0.25, 0.3) is 0 Å². The average molecular weight is 313 g/mol. The van der Waals surface area contributed by atoms with Crippen LogP contribution in [0, 0.1) is 5.92 Å². The highest BCUT2D eigenvalue weighted by molar-refractivity contribution is 5.62. The van der Waals surface area contributed by atoms with Crippen LogP contribution in [-0.2, 0) is 0 Å². The topological polar surface area (TPSA) is 63.2 Å². The third-order valence-electron chi connectivity index (χ3n) is 4.09. The quantitative estimate of drug-likeness (QED) is 0.914. The minimum atomic E-state index is 0.494. The monoisotopic (exact) mass is 313 g/mol. The molecule has 0 atom stereocenters. The predicted octanol–water partition coefficient (Wildman–Crippen LogP) is 3.25. The first-order valence-electron chi connectivity index (χ1n) is 8.19. The zero-order valence-electron chi connectivity index (χ0n) is 13.7. The van der Waals surface area contributed by atoms with Crippen molar-refractivity contribution in [2.45, 2.75) is 26.7 Å². The number of nitrogens with one attached hydrogen (secondary N) is 1. The average Bonchev–Trinajstić information content (AvgIpc) is 2.58. The van der Waals surface area contributed by atoms with Crippen molar-refractivity contribution in [2.75, 3.05) is 29.9 Å². The van der Waals surface area contributed by atoms with Crippen LogP contribution in [0.15, 0.2) is 30.5 Å². The molecular weight excluding hydrogens is 290 g/mol. The second kappa shape index (κ2) is 7.26. The molecule has 1 aromatic heterocycles. The number of nitrogens with zero attached hydrogens (tertiary/aromatic N) is 4. The van der Waals surface area contributed by atoms with Crippen molar-refractivity contribution in [3.8, 4) is 5.75 Å². The van der Waals surface area contributed by atoms with Crippen LogP contribution >= 0.6 is 0 Å². The van der Waals surface area contributed by atoms with Crippen molar-refractivity contribution in [1.82, 2.24) is 15.2 Å². The van der Waals surface area contributed by atoms with Gasteiger partial charge in [0.1, 0.15) is 5.75 Å². The van der Waals surface area contributed by atoms with Gasteiger partial charge in [-0.3, -0.25) is 0 Å². The first kappa shape index (κ1) is 15.5. The summed E-state index contributed by atoms with van der Waals surface area (Å²) in [6, 6.07) is 7.77. The summed E-state index contributed by atoms with van der Waals surface area (Å²) in [4.78, 5) is 6.88. The summed E-state index contributed by atoms with van der Waals surface area (Å²) < 4.78 is 5.62. The number of para-hydroxylation sites is 2. The van der Waals surface area contributed by atoms with Gasteiger partial charge in [0.25, 0.3) is 0 Å². The fourth-order valence-electron chi connectivity index (χ4n) is 2.71. The van der Waals surface area contributed by atoms with Gasteiger partial charge in [-0.1, -0.05) is 19.1 Å². The van der Waals surface area contributed by atoms with Crippen molar-refractivity contribution < 1.29 is 4.74 Å². The van der Waals surface area contributed by atoms with E-state index in [0.29, 0.717) is 12.6 Å². The van der Waals surface area contributed by atoms with Gasteiger partial charge < -0.3 is 15.0 Å². The zero-order valence-corrected chi connectivity index (χ0v) is 13.7. The van der Waals surface area contributed by atoms with E-state index in [9.17, 15) is 0 Å². The summed E-state index contributed by atoms with van der Waals surface area (Å²) in [5.74, 6) is 2.95. The van der Waals surface area contributed by atoms with Crippen molar-refractivity contribution in [3.63, 3.8) is 0 Å². The van der Waals surface area contributed by atoms with Gasteiger partial charge in [-0.25, -0.2) is 0 Å². The molecule has 3 rings (SSSR count). The van der Waals surface area contributed by atoms with Gasteiger partial charge in [-0.15, -0.1) is 5.10 Å². The number of hydrogen-bond acceptors (Lipinski definition) is 6. The lowest BCUT2D eigenvalue weighted by atomic mass is 9.99. The molecule has 6 nitrogen and oxygen atoms in total. The fraction of sp³-hybridized carbons (Fsp3) is 0.471. The normalized spacial score (nSPS) is 15.5. The van der Waals surface area contributed by atoms with Crippen LogP contribution in [-0.4, -0.2) is 34.9 Å². The molecule has 1 fully saturated rings. The largest absolute Gasteiger partial charge is 0.492 e. The third kappa shape index (κ3) is 3.88. The Morgan fingerprint density at radius 1 is 1.26 bits per heavy atom. The highest BCUT2D eigenvalue weighted by Crippen LogP contribution is 2.27. The molecule has 0 spiro atoms. The maximum atomic E-state index is 5.62. The number of hydrogen-bond donors (Lipinski definition) is 1. The SMILES string of the molecule is CCOc1ccccc1Nc1nncc(N2CCC(C)CC2)n1. The lowest BCUT2D eigenvalue weighted by Crippen LogP contribution is -2.33. The molecule has 1 aliphatic heterocycles. The van der Waals surface area contributed by atoms with E-state index in [4.69, 9.17) is 4.74 Å². The molecule has 2 aromatic rings. The maximum absolute atomic E-state index is 5.62. The summed E-state index contributed by atoms with van der Waals surface area (Å²) in [7, 11) is 0. The molecule has 122 valence electrons. The van der Waals surface area contributed by atoms with E-state index in [2.05, 4.69) is 32.3 Å². The molecule has 1 aromatic carbocycles. The van der Waals surface area contributed by atoms with Crippen LogP contribution in [0.2, 0.25) is 0 Å². The third-order valence-corrected chi connectivity index (χ3v) is 4.09. The van der Waals surface area contributed by atoms with Gasteiger partial charge in [0.15, 0.2) is 5.82 Å². The first-order chi connectivity index (χ1) is 11.3. The Morgan fingerprint density at radius 2 is 2.04 bits per heavy atom. The molecule has 0 aliphatic carbocycles. The molecule has 1 aliphatic rings. The van der Waals surface area contributed by atoms with Crippen molar-refractivity contribution in [2.24, 2.45) is 5.92 Å². The van der Waals surface area contributed by atoms with Crippen molar-refractivity contribution in [1.29, 1.82) is 0 Å². The van der Waals surface area contributed by atoms with Gasteiger partial charge in [0.2, 0.25) is 5.95 Å². The molecule has 0 saturated carbocycles. The van der Waals surface area contributed by atoms with Gasteiger partial charge in [0, 0.05) is 13.1 Å². The van der Waals surface area contributed by atoms with E-state index >= 15 is 0 Å². The summed E-state index contributed by atoms with van der Waals surface area (Å²) >= 11 is 0. The minimum Gasteiger partial charge on any atom is -0.492 e. The maximum Gasteiger partial charge on any atom is 0.249 e. The van der Waals surface area contributed by atoms with E-state index in [1.807, 2.05) is 31.2 Å². The van der Waals surface area contributed by atoms with E-state index in [1.165, 1.54) is 12.8 Å². The number of rotatable bonds is 5. The van der Waals surface area contributed by atoms with E-state index in [0.717, 1.165) is 36.3 Å². The molecule has 6 heteroatoms. The number of benzene rings is 1. The lowest BCUT2D eigenvalue weighted by molar-refractivity contribution is 0.342. The molecule has 0 radical (unpaired) electrons. The Balaban J connectivity index is 1.75. The molecule has 1 N–H and O–H groups in total. The summed E-state index contributed by atoms with van der Waals surface area (Å²) in [6.45, 7) is 6.92. The van der Waals surface area contributed by atoms with Crippen LogP contribution in [0.5, 0.6) is 5.75 Å². The first-order valence-corrected chi connectivity index (χ1v) is 8.19. The van der Waals surface area contributed by atoms with Crippen LogP contribution < -0.4 is 15.0 Å². The highest BCUT2D eigenvalue weighted by atomic mass is 16.5. The second-order valence-corrected chi connectivity index (χ2v) is 5.86. The van der Waals surface area contributed by atoms with Gasteiger partial charge in [-0.05, 0) is 37.8 Å². The fourth-order valence-corrected chi connectivity index (χ4v) is 2.71. The van der Waals surface area contributed by atoms with Crippen LogP contribution in [0.1, 0.15) is 26.7 Å². The van der Waals surface area contributed by atoms with Crippen LogP contribution in [0.3, 0.4) is 0 Å². The zero-order chi connectivity index (χ0) is 16.1. The van der Waals surface area contributed by atoms with Gasteiger partial charge >= 0.3 is 0 Å². The summed E-state index contributed by atoms with van der Waals surface area (Å²) in [5.41, 5.74) is 0.848. The Labute approximate surface area is 136 Å². The second-order valence-electron chi connectivity index (χ2n) is 5.86. The number of anilines is 3. The highest BCUT2D eigenvalue weighted by Gasteiger charge is 2.18. The van der Waals surface area contributed by atoms with Gasteiger partial charge in [-0.2, -0.15) is 10.1 Å². The molecule has 2 heterocycles. The van der Waals surface area contributed by atoms with Crippen LogP contribution in [0.4, 0.5) is 17.5 Å². The Hall–Kier alpha value is -2.37. The summed E-state index contributed by atoms with van der Waals surface area (Å²) in [6.07, 6.45) is 4.12. The van der Waals surface area contributed by atoms with Gasteiger partial charge in [0.05, 0.1) is 18.5 Å². The molecule has 1 saturated heterocycles. The smallest absolute Gasteiger partial charge is 0.249 e. The molecule has 0 amide bonds. The molecular formula is C17H23N5O. The molecule has 0 bridgehead atoms. The Kier molecular flexibility index (Phi) is 4.90. The number of aromatic nitrogens is 3. The molecule has 23 heavy (non-hydrogen) atoms. The Bertz CT molecular complexity index is 640. The Morgan fingerprint density at radius 3 is 2.83 bits per heavy atom. The van der Waals surface area contributed by atoms with E-state index in [1.54, 1.807) is 6.20 Å². The van der Waals surface area contributed by atoms with E-state index < -0.39 is 0 Å². The van der Waals surface area contributed by atoms with Crippen molar-refractivity contribution in [3.05, 3.63) is 30.5 Å².